The zero-order chi connectivity index (χ0) is 19.3. The molecule has 8 nitrogen and oxygen atoms in total. The Morgan fingerprint density at radius 3 is 2.32 bits per heavy atom. The fraction of sp³-hybridized carbons (Fsp3) is 0.105. The number of ether oxygens (including phenoxy) is 1. The van der Waals surface area contributed by atoms with Crippen LogP contribution in [-0.4, -0.2) is 29.2 Å². The van der Waals surface area contributed by atoms with Gasteiger partial charge in [0.1, 0.15) is 12.9 Å². The summed E-state index contributed by atoms with van der Waals surface area (Å²) in [5, 5.41) is 12.5. The summed E-state index contributed by atoms with van der Waals surface area (Å²) in [5.41, 5.74) is 2.11. The van der Waals surface area contributed by atoms with Gasteiger partial charge in [-0.15, -0.1) is 0 Å². The van der Waals surface area contributed by atoms with Gasteiger partial charge in [-0.25, -0.2) is 14.8 Å². The van der Waals surface area contributed by atoms with Gasteiger partial charge < -0.3 is 26.0 Å². The van der Waals surface area contributed by atoms with Gasteiger partial charge in [-0.1, -0.05) is 11.6 Å². The maximum atomic E-state index is 12.1. The van der Waals surface area contributed by atoms with E-state index in [1.54, 1.807) is 36.4 Å². The topological polar surface area (TPSA) is 100 Å². The number of carbonyl (C=O) groups excluding carboxylic acids is 1. The second-order valence-corrected chi connectivity index (χ2v) is 6.40. The molecule has 2 amide bonds. The molecular weight excluding hydrogens is 380 g/mol. The van der Waals surface area contributed by atoms with Crippen molar-refractivity contribution in [3.8, 4) is 5.75 Å². The third-order valence-electron chi connectivity index (χ3n) is 3.95. The van der Waals surface area contributed by atoms with Crippen LogP contribution in [0.15, 0.2) is 54.9 Å². The molecule has 0 bridgehead atoms. The van der Waals surface area contributed by atoms with Crippen LogP contribution in [0.5, 0.6) is 5.75 Å². The Morgan fingerprint density at radius 1 is 0.964 bits per heavy atom. The molecule has 2 aromatic carbocycles. The van der Waals surface area contributed by atoms with Crippen molar-refractivity contribution in [2.24, 2.45) is 0 Å². The second-order valence-electron chi connectivity index (χ2n) is 5.96. The Labute approximate surface area is 166 Å². The number of urea groups is 1. The summed E-state index contributed by atoms with van der Waals surface area (Å²) in [7, 11) is 0. The molecule has 1 aliphatic heterocycles. The van der Waals surface area contributed by atoms with Gasteiger partial charge in [0.25, 0.3) is 0 Å². The number of carbonyl (C=O) groups is 1. The van der Waals surface area contributed by atoms with Gasteiger partial charge in [-0.2, -0.15) is 0 Å². The lowest BCUT2D eigenvalue weighted by molar-refractivity contribution is 0.262. The van der Waals surface area contributed by atoms with E-state index >= 15 is 0 Å². The second kappa shape index (κ2) is 8.01. The first-order chi connectivity index (χ1) is 13.7. The van der Waals surface area contributed by atoms with Crippen molar-refractivity contribution in [1.82, 2.24) is 9.97 Å². The van der Waals surface area contributed by atoms with Gasteiger partial charge in [-0.05, 0) is 48.5 Å². The average molecular weight is 397 g/mol. The highest BCUT2D eigenvalue weighted by Gasteiger charge is 2.16. The third-order valence-corrected chi connectivity index (χ3v) is 4.20. The van der Waals surface area contributed by atoms with Crippen molar-refractivity contribution in [3.05, 3.63) is 59.9 Å². The van der Waals surface area contributed by atoms with E-state index in [4.69, 9.17) is 16.3 Å². The van der Waals surface area contributed by atoms with Gasteiger partial charge in [0.2, 0.25) is 5.75 Å². The van der Waals surface area contributed by atoms with Gasteiger partial charge in [0.15, 0.2) is 11.6 Å². The van der Waals surface area contributed by atoms with Crippen molar-refractivity contribution >= 4 is 46.3 Å². The minimum Gasteiger partial charge on any atom is -0.485 e. The Morgan fingerprint density at radius 2 is 1.61 bits per heavy atom. The first-order valence-electron chi connectivity index (χ1n) is 8.60. The van der Waals surface area contributed by atoms with Crippen LogP contribution in [0.1, 0.15) is 0 Å². The van der Waals surface area contributed by atoms with Crippen molar-refractivity contribution in [2.45, 2.75) is 0 Å². The Hall–Kier alpha value is -3.52. The number of nitrogens with zero attached hydrogens (tertiary/aromatic N) is 2. The van der Waals surface area contributed by atoms with E-state index in [0.29, 0.717) is 46.9 Å². The number of aromatic nitrogens is 2. The molecule has 9 heteroatoms. The minimum absolute atomic E-state index is 0.340. The maximum absolute atomic E-state index is 12.1. The van der Waals surface area contributed by atoms with E-state index in [1.807, 2.05) is 12.1 Å². The quantitative estimate of drug-likeness (QED) is 0.524. The number of benzene rings is 2. The number of nitrogens with one attached hydrogen (secondary N) is 4. The molecule has 4 N–H and O–H groups in total. The highest BCUT2D eigenvalue weighted by molar-refractivity contribution is 6.30. The van der Waals surface area contributed by atoms with Gasteiger partial charge >= 0.3 is 6.03 Å². The van der Waals surface area contributed by atoms with E-state index in [2.05, 4.69) is 31.2 Å². The molecule has 0 fully saturated rings. The molecule has 4 rings (SSSR count). The summed E-state index contributed by atoms with van der Waals surface area (Å²) < 4.78 is 5.64. The molecule has 142 valence electrons. The molecule has 28 heavy (non-hydrogen) atoms. The summed E-state index contributed by atoms with van der Waals surface area (Å²) in [6.07, 6.45) is 1.47. The first kappa shape index (κ1) is 17.9. The summed E-state index contributed by atoms with van der Waals surface area (Å²) in [4.78, 5) is 20.5. The van der Waals surface area contributed by atoms with Gasteiger partial charge in [-0.3, -0.25) is 0 Å². The molecule has 0 radical (unpaired) electrons. The standard InChI is InChI=1S/C19H17ClN6O2/c20-12-1-3-14(4-2-12)25-19(27)26-15-7-5-13(6-8-15)24-18-16-17(22-11-23-18)21-9-10-28-16/h1-8,11H,9-10H2,(H2,25,26,27)(H2,21,22,23,24). The monoisotopic (exact) mass is 396 g/mol. The lowest BCUT2D eigenvalue weighted by atomic mass is 10.2. The number of amides is 2. The molecule has 1 aliphatic rings. The van der Waals surface area contributed by atoms with Crippen LogP contribution in [0.3, 0.4) is 0 Å². The molecule has 0 atom stereocenters. The van der Waals surface area contributed by atoms with Crippen LogP contribution >= 0.6 is 11.6 Å². The Kier molecular flexibility index (Phi) is 5.11. The zero-order valence-electron chi connectivity index (χ0n) is 14.7. The van der Waals surface area contributed by atoms with E-state index < -0.39 is 0 Å². The number of rotatable bonds is 4. The smallest absolute Gasteiger partial charge is 0.323 e. The molecule has 1 aromatic heterocycles. The zero-order valence-corrected chi connectivity index (χ0v) is 15.5. The molecule has 0 unspecified atom stereocenters. The molecule has 0 saturated heterocycles. The summed E-state index contributed by atoms with van der Waals surface area (Å²) in [6, 6.07) is 13.8. The lowest BCUT2D eigenvalue weighted by Crippen LogP contribution is -2.20. The predicted molar refractivity (Wildman–Crippen MR) is 110 cm³/mol. The van der Waals surface area contributed by atoms with E-state index in [9.17, 15) is 4.79 Å². The molecular formula is C19H17ClN6O2. The van der Waals surface area contributed by atoms with Crippen LogP contribution in [0.25, 0.3) is 0 Å². The molecule has 0 spiro atoms. The van der Waals surface area contributed by atoms with Crippen LogP contribution in [-0.2, 0) is 0 Å². The summed E-state index contributed by atoms with van der Waals surface area (Å²) in [6.45, 7) is 1.27. The number of anilines is 5. The Bertz CT molecular complexity index is 979. The third kappa shape index (κ3) is 4.24. The fourth-order valence-electron chi connectivity index (χ4n) is 2.65. The average Bonchev–Trinajstić information content (AvgIpc) is 2.71. The molecule has 2 heterocycles. The predicted octanol–water partition coefficient (Wildman–Crippen LogP) is 4.32. The van der Waals surface area contributed by atoms with Crippen molar-refractivity contribution in [2.75, 3.05) is 34.4 Å². The highest BCUT2D eigenvalue weighted by Crippen LogP contribution is 2.33. The van der Waals surface area contributed by atoms with Gasteiger partial charge in [0.05, 0.1) is 6.54 Å². The van der Waals surface area contributed by atoms with E-state index in [1.165, 1.54) is 6.33 Å². The van der Waals surface area contributed by atoms with Crippen LogP contribution in [0.4, 0.5) is 33.5 Å². The van der Waals surface area contributed by atoms with Crippen molar-refractivity contribution in [3.63, 3.8) is 0 Å². The molecule has 3 aromatic rings. The molecule has 0 aliphatic carbocycles. The van der Waals surface area contributed by atoms with Gasteiger partial charge in [0, 0.05) is 22.1 Å². The number of halogens is 1. The van der Waals surface area contributed by atoms with E-state index in [-0.39, 0.29) is 6.03 Å². The van der Waals surface area contributed by atoms with Crippen molar-refractivity contribution < 1.29 is 9.53 Å². The molecule has 0 saturated carbocycles. The number of hydrogen-bond acceptors (Lipinski definition) is 6. The Balaban J connectivity index is 1.39. The van der Waals surface area contributed by atoms with Crippen molar-refractivity contribution in [1.29, 1.82) is 0 Å². The summed E-state index contributed by atoms with van der Waals surface area (Å²) in [5.74, 6) is 1.84. The minimum atomic E-state index is -0.340. The maximum Gasteiger partial charge on any atom is 0.323 e. The normalized spacial score (nSPS) is 12.2. The summed E-state index contributed by atoms with van der Waals surface area (Å²) >= 11 is 5.84. The fourth-order valence-corrected chi connectivity index (χ4v) is 2.77. The SMILES string of the molecule is O=C(Nc1ccc(Cl)cc1)Nc1ccc(Nc2ncnc3c2OCCN3)cc1. The first-order valence-corrected chi connectivity index (χ1v) is 8.97. The lowest BCUT2D eigenvalue weighted by Gasteiger charge is -2.20. The highest BCUT2D eigenvalue weighted by atomic mass is 35.5. The van der Waals surface area contributed by atoms with Crippen LogP contribution < -0.4 is 26.0 Å². The van der Waals surface area contributed by atoms with Crippen LogP contribution in [0.2, 0.25) is 5.02 Å². The van der Waals surface area contributed by atoms with Crippen LogP contribution in [0, 0.1) is 0 Å². The largest absolute Gasteiger partial charge is 0.485 e. The number of hydrogen-bond donors (Lipinski definition) is 4. The van der Waals surface area contributed by atoms with E-state index in [0.717, 1.165) is 5.69 Å². The number of fused-ring (bicyclic) bond motifs is 1.